The van der Waals surface area contributed by atoms with Crippen LogP contribution in [0.3, 0.4) is 0 Å². The van der Waals surface area contributed by atoms with Gasteiger partial charge in [-0.15, -0.1) is 0 Å². The van der Waals surface area contributed by atoms with E-state index in [1.54, 1.807) is 4.90 Å². The standard InChI is InChI=1S/C23H23N3O5/c1-30-20(27)16-12-17(21(28)31-2)14-19(13-16)25-22(29)26-10-8-23(15-24,9-11-26)18-6-4-3-5-7-18/h3-7,12-14H,8-11H2,1-2H3,(H,25,29). The first kappa shape index (κ1) is 21.8. The monoisotopic (exact) mass is 421 g/mol. The Bertz CT molecular complexity index is 987. The zero-order valence-electron chi connectivity index (χ0n) is 17.4. The fourth-order valence-electron chi connectivity index (χ4n) is 3.69. The van der Waals surface area contributed by atoms with E-state index in [0.717, 1.165) is 5.56 Å². The largest absolute Gasteiger partial charge is 0.465 e. The van der Waals surface area contributed by atoms with Crippen LogP contribution in [-0.2, 0) is 14.9 Å². The van der Waals surface area contributed by atoms with Crippen LogP contribution >= 0.6 is 0 Å². The fraction of sp³-hybridized carbons (Fsp3) is 0.304. The minimum atomic E-state index is -0.638. The third kappa shape index (κ3) is 4.67. The van der Waals surface area contributed by atoms with E-state index in [1.165, 1.54) is 32.4 Å². The molecular formula is C23H23N3O5. The molecule has 0 bridgehead atoms. The molecule has 0 aliphatic carbocycles. The molecule has 160 valence electrons. The predicted octanol–water partition coefficient (Wildman–Crippen LogP) is 3.35. The zero-order chi connectivity index (χ0) is 22.4. The van der Waals surface area contributed by atoms with Gasteiger partial charge in [0.2, 0.25) is 0 Å². The highest BCUT2D eigenvalue weighted by Crippen LogP contribution is 2.35. The van der Waals surface area contributed by atoms with Crippen molar-refractivity contribution in [2.45, 2.75) is 18.3 Å². The Hall–Kier alpha value is -3.86. The number of nitrogens with one attached hydrogen (secondary N) is 1. The van der Waals surface area contributed by atoms with Gasteiger partial charge >= 0.3 is 18.0 Å². The second-order valence-electron chi connectivity index (χ2n) is 7.26. The number of rotatable bonds is 4. The summed E-state index contributed by atoms with van der Waals surface area (Å²) in [5, 5.41) is 12.5. The number of hydrogen-bond acceptors (Lipinski definition) is 6. The van der Waals surface area contributed by atoms with Crippen LogP contribution in [0.1, 0.15) is 39.1 Å². The Morgan fingerprint density at radius 3 is 2.00 bits per heavy atom. The van der Waals surface area contributed by atoms with Gasteiger partial charge < -0.3 is 19.7 Å². The Morgan fingerprint density at radius 2 is 1.52 bits per heavy atom. The van der Waals surface area contributed by atoms with Crippen molar-refractivity contribution in [3.05, 3.63) is 65.2 Å². The van der Waals surface area contributed by atoms with E-state index >= 15 is 0 Å². The summed E-state index contributed by atoms with van der Waals surface area (Å²) >= 11 is 0. The lowest BCUT2D eigenvalue weighted by Crippen LogP contribution is -2.46. The number of anilines is 1. The minimum Gasteiger partial charge on any atom is -0.465 e. The lowest BCUT2D eigenvalue weighted by molar-refractivity contribution is 0.0599. The molecule has 0 saturated carbocycles. The van der Waals surface area contributed by atoms with Crippen LogP contribution in [-0.4, -0.2) is 50.2 Å². The predicted molar refractivity (Wildman–Crippen MR) is 113 cm³/mol. The summed E-state index contributed by atoms with van der Waals surface area (Å²) in [6, 6.07) is 15.9. The van der Waals surface area contributed by atoms with Crippen molar-refractivity contribution in [2.24, 2.45) is 0 Å². The number of piperidine rings is 1. The van der Waals surface area contributed by atoms with Crippen molar-refractivity contribution in [3.8, 4) is 6.07 Å². The number of ether oxygens (including phenoxy) is 2. The Kier molecular flexibility index (Phi) is 6.55. The molecule has 1 aliphatic rings. The topological polar surface area (TPSA) is 109 Å². The smallest absolute Gasteiger partial charge is 0.337 e. The Balaban J connectivity index is 1.74. The average Bonchev–Trinajstić information content (AvgIpc) is 2.83. The average molecular weight is 421 g/mol. The van der Waals surface area contributed by atoms with Crippen LogP contribution in [0.15, 0.2) is 48.5 Å². The van der Waals surface area contributed by atoms with Crippen molar-refractivity contribution < 1.29 is 23.9 Å². The van der Waals surface area contributed by atoms with Crippen LogP contribution in [0.25, 0.3) is 0 Å². The summed E-state index contributed by atoms with van der Waals surface area (Å²) in [6.07, 6.45) is 1.02. The first-order valence-corrected chi connectivity index (χ1v) is 9.77. The maximum absolute atomic E-state index is 12.8. The number of likely N-dealkylation sites (tertiary alicyclic amines) is 1. The van der Waals surface area contributed by atoms with Gasteiger partial charge in [-0.05, 0) is 36.6 Å². The number of methoxy groups -OCH3 is 2. The highest BCUT2D eigenvalue weighted by Gasteiger charge is 2.37. The van der Waals surface area contributed by atoms with Gasteiger partial charge in [0.1, 0.15) is 0 Å². The first-order valence-electron chi connectivity index (χ1n) is 9.77. The molecule has 0 atom stereocenters. The SMILES string of the molecule is COC(=O)c1cc(NC(=O)N2CCC(C#N)(c3ccccc3)CC2)cc(C(=O)OC)c1. The molecule has 2 aromatic rings. The normalized spacial score (nSPS) is 14.8. The van der Waals surface area contributed by atoms with E-state index in [9.17, 15) is 19.6 Å². The van der Waals surface area contributed by atoms with E-state index in [4.69, 9.17) is 9.47 Å². The molecule has 0 spiro atoms. The summed E-state index contributed by atoms with van der Waals surface area (Å²) in [5.74, 6) is -1.28. The highest BCUT2D eigenvalue weighted by molar-refractivity contribution is 5.99. The van der Waals surface area contributed by atoms with Crippen molar-refractivity contribution in [1.29, 1.82) is 5.26 Å². The minimum absolute atomic E-state index is 0.118. The highest BCUT2D eigenvalue weighted by atomic mass is 16.5. The van der Waals surface area contributed by atoms with E-state index in [0.29, 0.717) is 25.9 Å². The molecule has 8 heteroatoms. The van der Waals surface area contributed by atoms with Crippen molar-refractivity contribution in [2.75, 3.05) is 32.6 Å². The molecule has 31 heavy (non-hydrogen) atoms. The number of benzene rings is 2. The number of carbonyl (C=O) groups is 3. The Morgan fingerprint density at radius 1 is 0.968 bits per heavy atom. The maximum Gasteiger partial charge on any atom is 0.337 e. The maximum atomic E-state index is 12.8. The third-order valence-corrected chi connectivity index (χ3v) is 5.47. The van der Waals surface area contributed by atoms with E-state index < -0.39 is 17.4 Å². The molecule has 2 amide bonds. The number of urea groups is 1. The second-order valence-corrected chi connectivity index (χ2v) is 7.26. The van der Waals surface area contributed by atoms with Gasteiger partial charge in [0.05, 0.1) is 36.8 Å². The molecule has 1 fully saturated rings. The van der Waals surface area contributed by atoms with Crippen LogP contribution in [0, 0.1) is 11.3 Å². The van der Waals surface area contributed by atoms with E-state index in [1.807, 2.05) is 30.3 Å². The van der Waals surface area contributed by atoms with Crippen molar-refractivity contribution in [1.82, 2.24) is 4.90 Å². The Labute approximate surface area is 180 Å². The van der Waals surface area contributed by atoms with Crippen LogP contribution in [0.2, 0.25) is 0 Å². The molecule has 1 aliphatic heterocycles. The lowest BCUT2D eigenvalue weighted by atomic mass is 9.74. The quantitative estimate of drug-likeness (QED) is 0.759. The molecule has 0 radical (unpaired) electrons. The number of nitriles is 1. The third-order valence-electron chi connectivity index (χ3n) is 5.47. The summed E-state index contributed by atoms with van der Waals surface area (Å²) in [7, 11) is 2.46. The second kappa shape index (κ2) is 9.30. The number of carbonyl (C=O) groups excluding carboxylic acids is 3. The van der Waals surface area contributed by atoms with Crippen molar-refractivity contribution >= 4 is 23.7 Å². The van der Waals surface area contributed by atoms with Gasteiger partial charge in [0.15, 0.2) is 0 Å². The van der Waals surface area contributed by atoms with Gasteiger partial charge in [-0.2, -0.15) is 5.26 Å². The number of nitrogens with zero attached hydrogens (tertiary/aromatic N) is 2. The lowest BCUT2D eigenvalue weighted by Gasteiger charge is -2.37. The van der Waals surface area contributed by atoms with Gasteiger partial charge in [-0.3, -0.25) is 0 Å². The zero-order valence-corrected chi connectivity index (χ0v) is 17.4. The molecule has 1 saturated heterocycles. The van der Waals surface area contributed by atoms with Crippen molar-refractivity contribution in [3.63, 3.8) is 0 Å². The van der Waals surface area contributed by atoms with Gasteiger partial charge in [0, 0.05) is 18.8 Å². The molecule has 0 aromatic heterocycles. The van der Waals surface area contributed by atoms with E-state index in [-0.39, 0.29) is 22.8 Å². The molecule has 0 unspecified atom stereocenters. The molecule has 1 N–H and O–H groups in total. The van der Waals surface area contributed by atoms with E-state index in [2.05, 4.69) is 11.4 Å². The molecule has 3 rings (SSSR count). The summed E-state index contributed by atoms with van der Waals surface area (Å²) in [6.45, 7) is 0.795. The number of hydrogen-bond donors (Lipinski definition) is 1. The number of amides is 2. The summed E-state index contributed by atoms with van der Waals surface area (Å²) in [4.78, 5) is 38.3. The number of esters is 2. The first-order chi connectivity index (χ1) is 14.9. The van der Waals surface area contributed by atoms with Crippen LogP contribution < -0.4 is 5.32 Å². The molecule has 8 nitrogen and oxygen atoms in total. The summed E-state index contributed by atoms with van der Waals surface area (Å²) < 4.78 is 9.43. The molecular weight excluding hydrogens is 398 g/mol. The van der Waals surface area contributed by atoms with Crippen LogP contribution in [0.5, 0.6) is 0 Å². The van der Waals surface area contributed by atoms with Gasteiger partial charge in [-0.25, -0.2) is 14.4 Å². The fourth-order valence-corrected chi connectivity index (χ4v) is 3.69. The van der Waals surface area contributed by atoms with Crippen LogP contribution in [0.4, 0.5) is 10.5 Å². The summed E-state index contributed by atoms with van der Waals surface area (Å²) in [5.41, 5.74) is 0.833. The van der Waals surface area contributed by atoms with Gasteiger partial charge in [0.25, 0.3) is 0 Å². The molecule has 2 aromatic carbocycles. The van der Waals surface area contributed by atoms with Gasteiger partial charge in [-0.1, -0.05) is 30.3 Å². The molecule has 1 heterocycles.